The number of nitrogens with zero attached hydrogens (tertiary/aromatic N) is 2. The van der Waals surface area contributed by atoms with Crippen LogP contribution in [0.2, 0.25) is 0 Å². The van der Waals surface area contributed by atoms with Crippen molar-refractivity contribution in [1.29, 1.82) is 0 Å². The van der Waals surface area contributed by atoms with Gasteiger partial charge in [0.05, 0.1) is 14.2 Å². The van der Waals surface area contributed by atoms with Crippen LogP contribution in [0.5, 0.6) is 11.5 Å². The summed E-state index contributed by atoms with van der Waals surface area (Å²) in [5.41, 5.74) is 2.01. The SMILES string of the molecule is COc1cccc(CCC(=O)O[C@@H](C)C(=O)N2CCN(c3ccccc3)CC2)c1OC. The molecule has 0 radical (unpaired) electrons. The number of hydrogen-bond acceptors (Lipinski definition) is 6. The van der Waals surface area contributed by atoms with Crippen LogP contribution in [0.15, 0.2) is 48.5 Å². The number of carbonyl (C=O) groups is 2. The van der Waals surface area contributed by atoms with Crippen LogP contribution in [0.25, 0.3) is 0 Å². The van der Waals surface area contributed by atoms with Crippen molar-refractivity contribution in [3.63, 3.8) is 0 Å². The van der Waals surface area contributed by atoms with E-state index < -0.39 is 12.1 Å². The first-order chi connectivity index (χ1) is 15.0. The molecule has 7 nitrogen and oxygen atoms in total. The highest BCUT2D eigenvalue weighted by Gasteiger charge is 2.27. The minimum absolute atomic E-state index is 0.153. The average molecular weight is 427 g/mol. The van der Waals surface area contributed by atoms with E-state index in [-0.39, 0.29) is 12.3 Å². The van der Waals surface area contributed by atoms with E-state index in [2.05, 4.69) is 17.0 Å². The first-order valence-electron chi connectivity index (χ1n) is 10.5. The summed E-state index contributed by atoms with van der Waals surface area (Å²) < 4.78 is 16.1. The van der Waals surface area contributed by atoms with Crippen LogP contribution < -0.4 is 14.4 Å². The van der Waals surface area contributed by atoms with Gasteiger partial charge in [-0.05, 0) is 37.1 Å². The second-order valence-corrected chi connectivity index (χ2v) is 7.43. The lowest BCUT2D eigenvalue weighted by atomic mass is 10.1. The van der Waals surface area contributed by atoms with Gasteiger partial charge in [0, 0.05) is 38.3 Å². The fourth-order valence-corrected chi connectivity index (χ4v) is 3.77. The molecule has 1 aliphatic rings. The van der Waals surface area contributed by atoms with Gasteiger partial charge in [0.2, 0.25) is 0 Å². The molecule has 1 fully saturated rings. The van der Waals surface area contributed by atoms with Crippen LogP contribution in [0.3, 0.4) is 0 Å². The van der Waals surface area contributed by atoms with Gasteiger partial charge in [-0.25, -0.2) is 0 Å². The van der Waals surface area contributed by atoms with Gasteiger partial charge in [-0.3, -0.25) is 9.59 Å². The van der Waals surface area contributed by atoms with Gasteiger partial charge in [-0.1, -0.05) is 30.3 Å². The van der Waals surface area contributed by atoms with Gasteiger partial charge in [-0.15, -0.1) is 0 Å². The number of para-hydroxylation sites is 2. The molecule has 1 aliphatic heterocycles. The van der Waals surface area contributed by atoms with Crippen molar-refractivity contribution < 1.29 is 23.8 Å². The Labute approximate surface area is 183 Å². The van der Waals surface area contributed by atoms with Gasteiger partial charge >= 0.3 is 5.97 Å². The predicted molar refractivity (Wildman–Crippen MR) is 119 cm³/mol. The maximum absolute atomic E-state index is 12.7. The lowest BCUT2D eigenvalue weighted by molar-refractivity contribution is -0.159. The Bertz CT molecular complexity index is 879. The van der Waals surface area contributed by atoms with Gasteiger partial charge < -0.3 is 24.0 Å². The predicted octanol–water partition coefficient (Wildman–Crippen LogP) is 2.92. The fraction of sp³-hybridized carbons (Fsp3) is 0.417. The van der Waals surface area contributed by atoms with E-state index in [1.807, 2.05) is 30.3 Å². The second kappa shape index (κ2) is 10.7. The number of carbonyl (C=O) groups excluding carboxylic acids is 2. The second-order valence-electron chi connectivity index (χ2n) is 7.43. The highest BCUT2D eigenvalue weighted by Crippen LogP contribution is 2.31. The summed E-state index contributed by atoms with van der Waals surface area (Å²) in [4.78, 5) is 29.1. The van der Waals surface area contributed by atoms with Crippen molar-refractivity contribution >= 4 is 17.6 Å². The van der Waals surface area contributed by atoms with Crippen LogP contribution in [0.1, 0.15) is 18.9 Å². The molecule has 0 unspecified atom stereocenters. The zero-order chi connectivity index (χ0) is 22.2. The van der Waals surface area contributed by atoms with E-state index in [0.717, 1.165) is 24.3 Å². The molecule has 7 heteroatoms. The van der Waals surface area contributed by atoms with Crippen molar-refractivity contribution in [1.82, 2.24) is 4.90 Å². The molecule has 0 spiro atoms. The number of methoxy groups -OCH3 is 2. The van der Waals surface area contributed by atoms with Gasteiger partial charge in [0.15, 0.2) is 17.6 Å². The summed E-state index contributed by atoms with van der Waals surface area (Å²) in [6.45, 7) is 4.36. The number of benzene rings is 2. The quantitative estimate of drug-likeness (QED) is 0.605. The maximum atomic E-state index is 12.7. The molecule has 166 valence electrons. The van der Waals surface area contributed by atoms with Gasteiger partial charge in [0.25, 0.3) is 5.91 Å². The van der Waals surface area contributed by atoms with Crippen LogP contribution in [-0.4, -0.2) is 63.3 Å². The minimum Gasteiger partial charge on any atom is -0.493 e. The van der Waals surface area contributed by atoms with Crippen molar-refractivity contribution in [2.75, 3.05) is 45.3 Å². The molecular formula is C24H30N2O5. The third kappa shape index (κ3) is 5.69. The fourth-order valence-electron chi connectivity index (χ4n) is 3.77. The summed E-state index contributed by atoms with van der Waals surface area (Å²) in [7, 11) is 3.14. The number of aryl methyl sites for hydroxylation is 1. The summed E-state index contributed by atoms with van der Waals surface area (Å²) in [6.07, 6.45) is -0.207. The Kier molecular flexibility index (Phi) is 7.76. The third-order valence-electron chi connectivity index (χ3n) is 5.45. The largest absolute Gasteiger partial charge is 0.493 e. The van der Waals surface area contributed by atoms with E-state index in [1.165, 1.54) is 0 Å². The zero-order valence-corrected chi connectivity index (χ0v) is 18.4. The Morgan fingerprint density at radius 1 is 0.935 bits per heavy atom. The molecule has 1 atom stereocenters. The lowest BCUT2D eigenvalue weighted by Crippen LogP contribution is -2.51. The molecule has 1 saturated heterocycles. The number of hydrogen-bond donors (Lipinski definition) is 0. The van der Waals surface area contributed by atoms with E-state index in [9.17, 15) is 9.59 Å². The van der Waals surface area contributed by atoms with Crippen LogP contribution in [0.4, 0.5) is 5.69 Å². The number of piperazine rings is 1. The van der Waals surface area contributed by atoms with E-state index >= 15 is 0 Å². The normalized spacial score (nSPS) is 14.7. The molecule has 1 amide bonds. The molecule has 31 heavy (non-hydrogen) atoms. The van der Waals surface area contributed by atoms with Crippen LogP contribution in [-0.2, 0) is 20.7 Å². The molecule has 2 aromatic carbocycles. The lowest BCUT2D eigenvalue weighted by Gasteiger charge is -2.37. The Morgan fingerprint density at radius 3 is 2.29 bits per heavy atom. The Balaban J connectivity index is 1.47. The molecule has 2 aromatic rings. The van der Waals surface area contributed by atoms with Crippen LogP contribution in [0, 0.1) is 0 Å². The molecule has 0 bridgehead atoms. The summed E-state index contributed by atoms with van der Waals surface area (Å²) in [5.74, 6) is 0.665. The van der Waals surface area contributed by atoms with Crippen LogP contribution >= 0.6 is 0 Å². The summed E-state index contributed by atoms with van der Waals surface area (Å²) >= 11 is 0. The number of esters is 1. The number of rotatable bonds is 8. The molecule has 0 saturated carbocycles. The zero-order valence-electron chi connectivity index (χ0n) is 18.4. The van der Waals surface area contributed by atoms with E-state index in [0.29, 0.717) is 31.0 Å². The molecule has 1 heterocycles. The number of ether oxygens (including phenoxy) is 3. The van der Waals surface area contributed by atoms with Crippen molar-refractivity contribution in [3.05, 3.63) is 54.1 Å². The number of amides is 1. The first kappa shape index (κ1) is 22.5. The topological polar surface area (TPSA) is 68.3 Å². The summed E-state index contributed by atoms with van der Waals surface area (Å²) in [6, 6.07) is 15.7. The monoisotopic (exact) mass is 426 g/mol. The Hall–Kier alpha value is -3.22. The van der Waals surface area contributed by atoms with Crippen molar-refractivity contribution in [2.45, 2.75) is 25.9 Å². The van der Waals surface area contributed by atoms with Gasteiger partial charge in [0.1, 0.15) is 0 Å². The Morgan fingerprint density at radius 2 is 1.65 bits per heavy atom. The smallest absolute Gasteiger partial charge is 0.306 e. The number of anilines is 1. The minimum atomic E-state index is -0.803. The van der Waals surface area contributed by atoms with E-state index in [1.54, 1.807) is 32.1 Å². The average Bonchev–Trinajstić information content (AvgIpc) is 2.82. The first-order valence-corrected chi connectivity index (χ1v) is 10.5. The standard InChI is InChI=1S/C24H30N2O5/c1-18(24(28)26-16-14-25(15-17-26)20-9-5-4-6-10-20)31-22(27)13-12-19-8-7-11-21(29-2)23(19)30-3/h4-11,18H,12-17H2,1-3H3/t18-/m0/s1. The molecule has 0 N–H and O–H groups in total. The summed E-state index contributed by atoms with van der Waals surface area (Å²) in [5, 5.41) is 0. The van der Waals surface area contributed by atoms with Gasteiger partial charge in [-0.2, -0.15) is 0 Å². The highest BCUT2D eigenvalue weighted by molar-refractivity contribution is 5.83. The van der Waals surface area contributed by atoms with Crippen molar-refractivity contribution in [3.8, 4) is 11.5 Å². The third-order valence-corrected chi connectivity index (χ3v) is 5.45. The van der Waals surface area contributed by atoms with E-state index in [4.69, 9.17) is 14.2 Å². The molecular weight excluding hydrogens is 396 g/mol. The highest BCUT2D eigenvalue weighted by atomic mass is 16.5. The molecule has 0 aromatic heterocycles. The van der Waals surface area contributed by atoms with Crippen molar-refractivity contribution in [2.24, 2.45) is 0 Å². The molecule has 0 aliphatic carbocycles. The molecule has 3 rings (SSSR count). The maximum Gasteiger partial charge on any atom is 0.306 e.